The molecule has 1 fully saturated rings. The van der Waals surface area contributed by atoms with E-state index in [0.717, 1.165) is 42.4 Å². The molecule has 1 aliphatic rings. The normalized spacial score (nSPS) is 15.4. The zero-order valence-corrected chi connectivity index (χ0v) is 19.3. The summed E-state index contributed by atoms with van der Waals surface area (Å²) < 4.78 is 3.10. The molecule has 0 spiro atoms. The summed E-state index contributed by atoms with van der Waals surface area (Å²) in [7, 11) is 1.97. The lowest BCUT2D eigenvalue weighted by Crippen LogP contribution is -2.36. The van der Waals surface area contributed by atoms with Crippen molar-refractivity contribution in [1.82, 2.24) is 9.47 Å². The van der Waals surface area contributed by atoms with Gasteiger partial charge < -0.3 is 9.88 Å². The number of fused-ring (bicyclic) bond motifs is 1. The average Bonchev–Trinajstić information content (AvgIpc) is 3.13. The Labute approximate surface area is 191 Å². The first-order valence-electron chi connectivity index (χ1n) is 9.20. The molecule has 3 aromatic rings. The molecule has 30 heavy (non-hydrogen) atoms. The van der Waals surface area contributed by atoms with Crippen LogP contribution in [0.2, 0.25) is 0 Å². The van der Waals surface area contributed by atoms with E-state index in [1.54, 1.807) is 18.2 Å². The van der Waals surface area contributed by atoms with Gasteiger partial charge >= 0.3 is 0 Å². The van der Waals surface area contributed by atoms with E-state index in [9.17, 15) is 14.4 Å². The van der Waals surface area contributed by atoms with E-state index in [1.165, 1.54) is 0 Å². The van der Waals surface area contributed by atoms with Crippen molar-refractivity contribution in [2.45, 2.75) is 6.92 Å². The van der Waals surface area contributed by atoms with Crippen LogP contribution >= 0.6 is 34.4 Å². The number of imide groups is 1. The summed E-state index contributed by atoms with van der Waals surface area (Å²) in [6, 6.07) is 15.2. The highest BCUT2D eigenvalue weighted by atomic mass is 127. The molecule has 2 heterocycles. The predicted octanol–water partition coefficient (Wildman–Crippen LogP) is 4.77. The summed E-state index contributed by atoms with van der Waals surface area (Å²) in [5, 5.41) is 3.29. The number of halogens is 1. The van der Waals surface area contributed by atoms with Crippen LogP contribution in [-0.4, -0.2) is 33.1 Å². The molecule has 0 aliphatic carbocycles. The van der Waals surface area contributed by atoms with Crippen LogP contribution in [-0.2, 0) is 16.6 Å². The Kier molecular flexibility index (Phi) is 5.70. The lowest BCUT2D eigenvalue weighted by molar-refractivity contribution is -0.127. The molecule has 0 radical (unpaired) electrons. The van der Waals surface area contributed by atoms with E-state index in [2.05, 4.69) is 32.5 Å². The zero-order valence-electron chi connectivity index (χ0n) is 16.3. The minimum atomic E-state index is -0.449. The molecule has 1 aromatic heterocycles. The van der Waals surface area contributed by atoms with Gasteiger partial charge in [0.1, 0.15) is 6.54 Å². The molecule has 6 nitrogen and oxygen atoms in total. The van der Waals surface area contributed by atoms with Crippen molar-refractivity contribution < 1.29 is 14.4 Å². The number of aromatic nitrogens is 1. The molecule has 3 amide bonds. The van der Waals surface area contributed by atoms with Crippen LogP contribution in [0.5, 0.6) is 0 Å². The molecule has 1 saturated heterocycles. The van der Waals surface area contributed by atoms with Crippen molar-refractivity contribution >= 4 is 74.1 Å². The molecule has 0 bridgehead atoms. The Morgan fingerprint density at radius 2 is 1.83 bits per heavy atom. The van der Waals surface area contributed by atoms with Gasteiger partial charge in [-0.15, -0.1) is 0 Å². The van der Waals surface area contributed by atoms with Crippen LogP contribution in [0.1, 0.15) is 11.3 Å². The van der Waals surface area contributed by atoms with Gasteiger partial charge in [0.2, 0.25) is 5.91 Å². The number of anilines is 1. The lowest BCUT2D eigenvalue weighted by atomic mass is 10.1. The molecule has 1 aliphatic heterocycles. The fraction of sp³-hybridized carbons (Fsp3) is 0.136. The van der Waals surface area contributed by atoms with Gasteiger partial charge in [-0.1, -0.05) is 18.2 Å². The monoisotopic (exact) mass is 531 g/mol. The Morgan fingerprint density at radius 1 is 1.13 bits per heavy atom. The number of hydrogen-bond acceptors (Lipinski definition) is 4. The van der Waals surface area contributed by atoms with Gasteiger partial charge in [-0.2, -0.15) is 0 Å². The van der Waals surface area contributed by atoms with E-state index in [-0.39, 0.29) is 6.54 Å². The highest BCUT2D eigenvalue weighted by molar-refractivity contribution is 14.1. The second-order valence-electron chi connectivity index (χ2n) is 6.90. The van der Waals surface area contributed by atoms with Crippen molar-refractivity contribution in [2.75, 3.05) is 11.9 Å². The third-order valence-electron chi connectivity index (χ3n) is 5.03. The number of hydrogen-bond donors (Lipinski definition) is 1. The summed E-state index contributed by atoms with van der Waals surface area (Å²) in [5.41, 5.74) is 3.58. The summed E-state index contributed by atoms with van der Waals surface area (Å²) >= 11 is 3.04. The van der Waals surface area contributed by atoms with Crippen molar-refractivity contribution in [3.05, 3.63) is 68.3 Å². The summed E-state index contributed by atoms with van der Waals surface area (Å²) in [6.45, 7) is 1.66. The number of thioether (sulfide) groups is 1. The molecule has 4 rings (SSSR count). The molecular weight excluding hydrogens is 513 g/mol. The maximum atomic E-state index is 12.8. The minimum Gasteiger partial charge on any atom is -0.347 e. The average molecular weight is 531 g/mol. The highest BCUT2D eigenvalue weighted by Gasteiger charge is 2.36. The molecule has 0 atom stereocenters. The van der Waals surface area contributed by atoms with Crippen LogP contribution in [0.3, 0.4) is 0 Å². The van der Waals surface area contributed by atoms with Crippen LogP contribution in [0.25, 0.3) is 17.0 Å². The van der Waals surface area contributed by atoms with Gasteiger partial charge in [-0.3, -0.25) is 19.3 Å². The number of aryl methyl sites for hydroxylation is 1. The molecule has 0 unspecified atom stereocenters. The number of para-hydroxylation sites is 1. The van der Waals surface area contributed by atoms with Gasteiger partial charge in [0, 0.05) is 38.5 Å². The summed E-state index contributed by atoms with van der Waals surface area (Å²) in [6.07, 6.45) is 1.75. The first kappa shape index (κ1) is 20.7. The van der Waals surface area contributed by atoms with Gasteiger partial charge in [0.05, 0.1) is 4.91 Å². The van der Waals surface area contributed by atoms with E-state index in [4.69, 9.17) is 0 Å². The summed E-state index contributed by atoms with van der Waals surface area (Å²) in [4.78, 5) is 38.9. The predicted molar refractivity (Wildman–Crippen MR) is 128 cm³/mol. The number of carbonyl (C=O) groups excluding carboxylic acids is 3. The number of amides is 3. The molecular formula is C22H18IN3O3S. The molecule has 8 heteroatoms. The number of nitrogens with one attached hydrogen (secondary N) is 1. The number of carbonyl (C=O) groups is 3. The third kappa shape index (κ3) is 3.89. The number of rotatable bonds is 4. The number of benzene rings is 2. The van der Waals surface area contributed by atoms with Crippen LogP contribution < -0.4 is 5.32 Å². The van der Waals surface area contributed by atoms with E-state index in [0.29, 0.717) is 10.6 Å². The lowest BCUT2D eigenvalue weighted by Gasteiger charge is -2.12. The van der Waals surface area contributed by atoms with E-state index in [1.807, 2.05) is 50.4 Å². The van der Waals surface area contributed by atoms with Gasteiger partial charge in [-0.25, -0.2) is 0 Å². The van der Waals surface area contributed by atoms with Crippen molar-refractivity contribution in [3.63, 3.8) is 0 Å². The second kappa shape index (κ2) is 8.27. The fourth-order valence-corrected chi connectivity index (χ4v) is 4.56. The van der Waals surface area contributed by atoms with Crippen molar-refractivity contribution in [1.29, 1.82) is 0 Å². The van der Waals surface area contributed by atoms with Gasteiger partial charge in [0.15, 0.2) is 0 Å². The van der Waals surface area contributed by atoms with Crippen molar-refractivity contribution in [3.8, 4) is 0 Å². The Balaban J connectivity index is 1.55. The zero-order chi connectivity index (χ0) is 21.4. The quantitative estimate of drug-likeness (QED) is 0.389. The first-order valence-corrected chi connectivity index (χ1v) is 11.1. The maximum absolute atomic E-state index is 12.8. The van der Waals surface area contributed by atoms with Gasteiger partial charge in [-0.05, 0) is 77.7 Å². The first-order chi connectivity index (χ1) is 14.3. The molecule has 152 valence electrons. The highest BCUT2D eigenvalue weighted by Crippen LogP contribution is 2.35. The third-order valence-corrected chi connectivity index (χ3v) is 6.65. The van der Waals surface area contributed by atoms with Crippen molar-refractivity contribution in [2.24, 2.45) is 7.05 Å². The molecule has 0 saturated carbocycles. The topological polar surface area (TPSA) is 71.4 Å². The van der Waals surface area contributed by atoms with Gasteiger partial charge in [0.25, 0.3) is 11.1 Å². The Bertz CT molecular complexity index is 1210. The Morgan fingerprint density at radius 3 is 2.57 bits per heavy atom. The van der Waals surface area contributed by atoms with E-state index >= 15 is 0 Å². The standard InChI is InChI=1S/C22H18IN3O3S/c1-13-17(16-5-3-4-6-18(16)25(13)2)11-19-21(28)26(22(29)30-19)12-20(27)24-15-9-7-14(23)8-10-15/h3-11H,12H2,1-2H3,(H,24,27)/b19-11-. The largest absolute Gasteiger partial charge is 0.347 e. The molecule has 2 aromatic carbocycles. The minimum absolute atomic E-state index is 0.317. The molecule has 1 N–H and O–H groups in total. The maximum Gasteiger partial charge on any atom is 0.294 e. The van der Waals surface area contributed by atoms with Crippen LogP contribution in [0.4, 0.5) is 10.5 Å². The van der Waals surface area contributed by atoms with Crippen LogP contribution in [0, 0.1) is 10.5 Å². The van der Waals surface area contributed by atoms with Crippen LogP contribution in [0.15, 0.2) is 53.4 Å². The fourth-order valence-electron chi connectivity index (χ4n) is 3.38. The smallest absolute Gasteiger partial charge is 0.294 e. The Hall–Kier alpha value is -2.59. The summed E-state index contributed by atoms with van der Waals surface area (Å²) in [5.74, 6) is -0.865. The second-order valence-corrected chi connectivity index (χ2v) is 9.14. The van der Waals surface area contributed by atoms with E-state index < -0.39 is 17.1 Å². The number of nitrogens with zero attached hydrogens (tertiary/aromatic N) is 2. The SMILES string of the molecule is Cc1c(/C=C2\SC(=O)N(CC(=O)Nc3ccc(I)cc3)C2=O)c2ccccc2n1C.